The fourth-order valence-electron chi connectivity index (χ4n) is 3.67. The van der Waals surface area contributed by atoms with Gasteiger partial charge in [-0.1, -0.05) is 37.3 Å². The highest BCUT2D eigenvalue weighted by molar-refractivity contribution is 6.01. The third-order valence-corrected chi connectivity index (χ3v) is 5.55. The first kappa shape index (κ1) is 21.1. The Kier molecular flexibility index (Phi) is 7.42. The fraction of sp³-hybridized carbons (Fsp3) is 0.417. The standard InChI is InChI=1S/C24H32N4O/c1-4-26-16-18-28(19-17-26)23(25-22-10-8-7-9-11-22)20-12-14-21(15-13-20)24(29)27(5-2)6-3/h7-15H,4-6,16-19H2,1-3H3. The van der Waals surface area contributed by atoms with Gasteiger partial charge in [-0.2, -0.15) is 0 Å². The molecule has 0 atom stereocenters. The highest BCUT2D eigenvalue weighted by atomic mass is 16.2. The van der Waals surface area contributed by atoms with Crippen LogP contribution in [0.25, 0.3) is 0 Å². The number of piperazine rings is 1. The zero-order valence-electron chi connectivity index (χ0n) is 17.8. The summed E-state index contributed by atoms with van der Waals surface area (Å²) in [7, 11) is 0. The molecule has 5 nitrogen and oxygen atoms in total. The summed E-state index contributed by atoms with van der Waals surface area (Å²) in [5, 5.41) is 0. The van der Waals surface area contributed by atoms with Crippen molar-refractivity contribution in [3.8, 4) is 0 Å². The number of aliphatic imine (C=N–C) groups is 1. The molecule has 0 aliphatic carbocycles. The van der Waals surface area contributed by atoms with Gasteiger partial charge in [-0.3, -0.25) is 4.79 Å². The van der Waals surface area contributed by atoms with Crippen LogP contribution in [0, 0.1) is 0 Å². The van der Waals surface area contributed by atoms with Gasteiger partial charge in [0.25, 0.3) is 5.91 Å². The smallest absolute Gasteiger partial charge is 0.253 e. The van der Waals surface area contributed by atoms with Gasteiger partial charge >= 0.3 is 0 Å². The van der Waals surface area contributed by atoms with Crippen LogP contribution >= 0.6 is 0 Å². The summed E-state index contributed by atoms with van der Waals surface area (Å²) in [6, 6.07) is 18.0. The molecule has 0 unspecified atom stereocenters. The second-order valence-electron chi connectivity index (χ2n) is 7.25. The van der Waals surface area contributed by atoms with Crippen LogP contribution in [0.1, 0.15) is 36.7 Å². The van der Waals surface area contributed by atoms with E-state index in [0.29, 0.717) is 0 Å². The first-order chi connectivity index (χ1) is 14.2. The molecule has 1 saturated heterocycles. The second kappa shape index (κ2) is 10.2. The van der Waals surface area contributed by atoms with Gasteiger partial charge in [-0.25, -0.2) is 4.99 Å². The largest absolute Gasteiger partial charge is 0.354 e. The number of carbonyl (C=O) groups is 1. The molecule has 0 aromatic heterocycles. The number of amides is 1. The summed E-state index contributed by atoms with van der Waals surface area (Å²) in [4.78, 5) is 24.3. The monoisotopic (exact) mass is 392 g/mol. The first-order valence-electron chi connectivity index (χ1n) is 10.7. The van der Waals surface area contributed by atoms with Crippen LogP contribution in [0.4, 0.5) is 5.69 Å². The Hall–Kier alpha value is -2.66. The normalized spacial score (nSPS) is 15.4. The fourth-order valence-corrected chi connectivity index (χ4v) is 3.67. The first-order valence-corrected chi connectivity index (χ1v) is 10.7. The minimum atomic E-state index is 0.0830. The van der Waals surface area contributed by atoms with Gasteiger partial charge in [0, 0.05) is 50.4 Å². The molecule has 1 amide bonds. The lowest BCUT2D eigenvalue weighted by atomic mass is 10.1. The Labute approximate surface area is 174 Å². The average Bonchev–Trinajstić information content (AvgIpc) is 2.79. The Morgan fingerprint density at radius 3 is 2.00 bits per heavy atom. The summed E-state index contributed by atoms with van der Waals surface area (Å²) < 4.78 is 0. The molecule has 0 N–H and O–H groups in total. The van der Waals surface area contributed by atoms with Crippen molar-refractivity contribution >= 4 is 17.4 Å². The zero-order chi connectivity index (χ0) is 20.6. The molecule has 1 aliphatic rings. The van der Waals surface area contributed by atoms with Gasteiger partial charge in [-0.15, -0.1) is 0 Å². The predicted molar refractivity (Wildman–Crippen MR) is 120 cm³/mol. The molecule has 2 aromatic rings. The molecular weight excluding hydrogens is 360 g/mol. The van der Waals surface area contributed by atoms with Crippen LogP contribution in [0.5, 0.6) is 0 Å². The van der Waals surface area contributed by atoms with E-state index in [-0.39, 0.29) is 5.91 Å². The molecule has 0 bridgehead atoms. The summed E-state index contributed by atoms with van der Waals surface area (Å²) in [5.41, 5.74) is 2.73. The Bertz CT molecular complexity index is 805. The van der Waals surface area contributed by atoms with Crippen LogP contribution in [0.3, 0.4) is 0 Å². The Balaban J connectivity index is 1.88. The molecule has 1 fully saturated rings. The van der Waals surface area contributed by atoms with E-state index in [9.17, 15) is 4.79 Å². The number of carbonyl (C=O) groups excluding carboxylic acids is 1. The number of hydrogen-bond acceptors (Lipinski definition) is 3. The third kappa shape index (κ3) is 5.24. The van der Waals surface area contributed by atoms with Crippen molar-refractivity contribution in [1.82, 2.24) is 14.7 Å². The average molecular weight is 393 g/mol. The molecule has 29 heavy (non-hydrogen) atoms. The van der Waals surface area contributed by atoms with Crippen molar-refractivity contribution in [3.05, 3.63) is 65.7 Å². The quantitative estimate of drug-likeness (QED) is 0.553. The summed E-state index contributed by atoms with van der Waals surface area (Å²) >= 11 is 0. The van der Waals surface area contributed by atoms with E-state index in [4.69, 9.17) is 4.99 Å². The van der Waals surface area contributed by atoms with Crippen molar-refractivity contribution in [1.29, 1.82) is 0 Å². The number of benzene rings is 2. The molecule has 0 saturated carbocycles. The molecule has 3 rings (SSSR count). The van der Waals surface area contributed by atoms with Gasteiger partial charge in [-0.05, 0) is 44.7 Å². The van der Waals surface area contributed by atoms with Crippen LogP contribution in [-0.4, -0.2) is 72.3 Å². The van der Waals surface area contributed by atoms with Crippen molar-refractivity contribution in [2.75, 3.05) is 45.8 Å². The number of rotatable bonds is 6. The third-order valence-electron chi connectivity index (χ3n) is 5.55. The minimum absolute atomic E-state index is 0.0830. The molecular formula is C24H32N4O. The lowest BCUT2D eigenvalue weighted by molar-refractivity contribution is 0.0773. The molecule has 2 aromatic carbocycles. The maximum Gasteiger partial charge on any atom is 0.253 e. The molecule has 0 spiro atoms. The molecule has 1 heterocycles. The highest BCUT2D eigenvalue weighted by Crippen LogP contribution is 2.18. The van der Waals surface area contributed by atoms with Crippen molar-refractivity contribution < 1.29 is 4.79 Å². The van der Waals surface area contributed by atoms with E-state index < -0.39 is 0 Å². The number of para-hydroxylation sites is 1. The van der Waals surface area contributed by atoms with Crippen molar-refractivity contribution in [2.45, 2.75) is 20.8 Å². The maximum absolute atomic E-state index is 12.6. The van der Waals surface area contributed by atoms with Crippen LogP contribution in [-0.2, 0) is 0 Å². The van der Waals surface area contributed by atoms with Crippen LogP contribution in [0.15, 0.2) is 59.6 Å². The minimum Gasteiger partial charge on any atom is -0.354 e. The second-order valence-corrected chi connectivity index (χ2v) is 7.25. The van der Waals surface area contributed by atoms with Crippen molar-refractivity contribution in [3.63, 3.8) is 0 Å². The van der Waals surface area contributed by atoms with Gasteiger partial charge < -0.3 is 14.7 Å². The van der Waals surface area contributed by atoms with E-state index >= 15 is 0 Å². The Morgan fingerprint density at radius 1 is 0.862 bits per heavy atom. The van der Waals surface area contributed by atoms with Gasteiger partial charge in [0.2, 0.25) is 0 Å². The molecule has 154 valence electrons. The molecule has 5 heteroatoms. The van der Waals surface area contributed by atoms with Crippen molar-refractivity contribution in [2.24, 2.45) is 4.99 Å². The summed E-state index contributed by atoms with van der Waals surface area (Å²) in [6.07, 6.45) is 0. The highest BCUT2D eigenvalue weighted by Gasteiger charge is 2.21. The van der Waals surface area contributed by atoms with E-state index in [1.54, 1.807) is 0 Å². The van der Waals surface area contributed by atoms with E-state index in [2.05, 4.69) is 16.7 Å². The van der Waals surface area contributed by atoms with Crippen LogP contribution < -0.4 is 0 Å². The maximum atomic E-state index is 12.6. The lowest BCUT2D eigenvalue weighted by Gasteiger charge is -2.36. The number of amidine groups is 1. The predicted octanol–water partition coefficient (Wildman–Crippen LogP) is 3.88. The van der Waals surface area contributed by atoms with E-state index in [1.807, 2.05) is 73.3 Å². The van der Waals surface area contributed by atoms with Crippen LogP contribution in [0.2, 0.25) is 0 Å². The van der Waals surface area contributed by atoms with Gasteiger partial charge in [0.05, 0.1) is 5.69 Å². The number of hydrogen-bond donors (Lipinski definition) is 0. The number of likely N-dealkylation sites (N-methyl/N-ethyl adjacent to an activating group) is 1. The zero-order valence-corrected chi connectivity index (χ0v) is 17.8. The number of nitrogens with zero attached hydrogens (tertiary/aromatic N) is 4. The van der Waals surface area contributed by atoms with Gasteiger partial charge in [0.1, 0.15) is 5.84 Å². The van der Waals surface area contributed by atoms with E-state index in [0.717, 1.165) is 68.5 Å². The topological polar surface area (TPSA) is 39.1 Å². The summed E-state index contributed by atoms with van der Waals surface area (Å²) in [5.74, 6) is 1.06. The van der Waals surface area contributed by atoms with E-state index in [1.165, 1.54) is 0 Å². The SMILES string of the molecule is CCN1CCN(C(=Nc2ccccc2)c2ccc(C(=O)N(CC)CC)cc2)CC1. The Morgan fingerprint density at radius 2 is 1.45 bits per heavy atom. The lowest BCUT2D eigenvalue weighted by Crippen LogP contribution is -2.48. The molecule has 1 aliphatic heterocycles. The molecule has 0 radical (unpaired) electrons. The summed E-state index contributed by atoms with van der Waals surface area (Å²) in [6.45, 7) is 12.8. The van der Waals surface area contributed by atoms with Gasteiger partial charge in [0.15, 0.2) is 0 Å².